The van der Waals surface area contributed by atoms with Crippen LogP contribution in [0.2, 0.25) is 5.02 Å². The van der Waals surface area contributed by atoms with Crippen LogP contribution in [0.5, 0.6) is 0 Å². The molecule has 1 N–H and O–H groups in total. The van der Waals surface area contributed by atoms with Crippen LogP contribution in [-0.4, -0.2) is 19.7 Å². The second-order valence-corrected chi connectivity index (χ2v) is 7.00. The predicted molar refractivity (Wildman–Crippen MR) is 100 cm³/mol. The minimum absolute atomic E-state index is 0.199. The molecule has 0 radical (unpaired) electrons. The highest BCUT2D eigenvalue weighted by Gasteiger charge is 2.13. The van der Waals surface area contributed by atoms with Crippen molar-refractivity contribution in [1.29, 1.82) is 0 Å². The number of aromatic nitrogens is 4. The molecule has 0 aliphatic rings. The molecular weight excluding hydrogens is 394 g/mol. The van der Waals surface area contributed by atoms with Crippen molar-refractivity contribution in [2.24, 2.45) is 0 Å². The van der Waals surface area contributed by atoms with Crippen molar-refractivity contribution < 1.29 is 8.78 Å². The molecule has 0 atom stereocenters. The Morgan fingerprint density at radius 2 is 1.93 bits per heavy atom. The van der Waals surface area contributed by atoms with E-state index in [1.54, 1.807) is 6.07 Å². The largest absolute Gasteiger partial charge is 0.301 e. The number of nitrogens with one attached hydrogen (secondary N) is 1. The molecule has 5 nitrogen and oxygen atoms in total. The molecule has 2 aromatic heterocycles. The van der Waals surface area contributed by atoms with Gasteiger partial charge < -0.3 is 4.98 Å². The molecule has 0 aliphatic carbocycles. The Labute approximate surface area is 161 Å². The van der Waals surface area contributed by atoms with E-state index in [0.717, 1.165) is 11.8 Å². The van der Waals surface area contributed by atoms with Crippen LogP contribution in [0.15, 0.2) is 58.6 Å². The third-order valence-corrected chi connectivity index (χ3v) is 5.16. The molecule has 0 bridgehead atoms. The fraction of sp³-hybridized carbons (Fsp3) is 0.0556. The zero-order valence-electron chi connectivity index (χ0n) is 13.6. The van der Waals surface area contributed by atoms with Gasteiger partial charge in [0.15, 0.2) is 10.8 Å². The van der Waals surface area contributed by atoms with Gasteiger partial charge in [0.1, 0.15) is 17.0 Å². The molecule has 0 fully saturated rings. The number of fused-ring (bicyclic) bond motifs is 1. The van der Waals surface area contributed by atoms with Crippen LogP contribution in [0.4, 0.5) is 8.78 Å². The number of benzene rings is 2. The number of rotatable bonds is 4. The van der Waals surface area contributed by atoms with Gasteiger partial charge in [-0.25, -0.2) is 18.4 Å². The lowest BCUT2D eigenvalue weighted by Crippen LogP contribution is -2.10. The SMILES string of the molecule is O=c1[nH]c(SCc2c(F)cccc2Cl)nc2c1cnn2-c1ccc(F)cc1. The Hall–Kier alpha value is -2.71. The molecular formula is C18H11ClF2N4OS. The Balaban J connectivity index is 1.71. The van der Waals surface area contributed by atoms with E-state index in [4.69, 9.17) is 11.6 Å². The van der Waals surface area contributed by atoms with E-state index in [0.29, 0.717) is 32.5 Å². The van der Waals surface area contributed by atoms with E-state index in [2.05, 4.69) is 15.1 Å². The highest BCUT2D eigenvalue weighted by molar-refractivity contribution is 7.98. The average Bonchev–Trinajstić information content (AvgIpc) is 3.06. The van der Waals surface area contributed by atoms with Crippen LogP contribution in [0.1, 0.15) is 5.56 Å². The van der Waals surface area contributed by atoms with E-state index in [1.165, 1.54) is 47.3 Å². The van der Waals surface area contributed by atoms with Gasteiger partial charge in [-0.3, -0.25) is 4.79 Å². The van der Waals surface area contributed by atoms with Gasteiger partial charge >= 0.3 is 0 Å². The zero-order valence-corrected chi connectivity index (χ0v) is 15.2. The van der Waals surface area contributed by atoms with Gasteiger partial charge in [0, 0.05) is 16.3 Å². The third kappa shape index (κ3) is 3.45. The standard InChI is InChI=1S/C18H11ClF2N4OS/c19-14-2-1-3-15(21)13(14)9-27-18-23-16-12(17(26)24-18)8-22-25(16)11-6-4-10(20)5-7-11/h1-8H,9H2,(H,23,24,26). The summed E-state index contributed by atoms with van der Waals surface area (Å²) in [6, 6.07) is 10.1. The quantitative estimate of drug-likeness (QED) is 0.406. The minimum atomic E-state index is -0.422. The number of aromatic amines is 1. The number of hydrogen-bond donors (Lipinski definition) is 1. The van der Waals surface area contributed by atoms with Crippen molar-refractivity contribution in [1.82, 2.24) is 19.7 Å². The van der Waals surface area contributed by atoms with Crippen molar-refractivity contribution in [2.45, 2.75) is 10.9 Å². The van der Waals surface area contributed by atoms with Crippen LogP contribution < -0.4 is 5.56 Å². The molecule has 0 saturated heterocycles. The maximum atomic E-state index is 13.9. The maximum absolute atomic E-state index is 13.9. The molecule has 136 valence electrons. The smallest absolute Gasteiger partial charge is 0.262 e. The van der Waals surface area contributed by atoms with Crippen LogP contribution in [0.25, 0.3) is 16.7 Å². The summed E-state index contributed by atoms with van der Waals surface area (Å²) in [6.07, 6.45) is 1.40. The number of hydrogen-bond acceptors (Lipinski definition) is 4. The van der Waals surface area contributed by atoms with E-state index < -0.39 is 5.82 Å². The molecule has 27 heavy (non-hydrogen) atoms. The summed E-state index contributed by atoms with van der Waals surface area (Å²) in [6.45, 7) is 0. The van der Waals surface area contributed by atoms with E-state index in [-0.39, 0.29) is 17.1 Å². The summed E-state index contributed by atoms with van der Waals surface area (Å²) in [5.74, 6) is -0.598. The predicted octanol–water partition coefficient (Wildman–Crippen LogP) is 4.33. The normalized spacial score (nSPS) is 11.2. The number of thioether (sulfide) groups is 1. The highest BCUT2D eigenvalue weighted by atomic mass is 35.5. The van der Waals surface area contributed by atoms with Crippen molar-refractivity contribution in [3.63, 3.8) is 0 Å². The lowest BCUT2D eigenvalue weighted by molar-refractivity contribution is 0.617. The van der Waals surface area contributed by atoms with Crippen molar-refractivity contribution in [3.8, 4) is 5.69 Å². The topological polar surface area (TPSA) is 63.6 Å². The van der Waals surface area contributed by atoms with Gasteiger partial charge in [-0.2, -0.15) is 5.10 Å². The summed E-state index contributed by atoms with van der Waals surface area (Å²) in [5, 5.41) is 5.07. The Morgan fingerprint density at radius 3 is 2.67 bits per heavy atom. The molecule has 0 spiro atoms. The average molecular weight is 405 g/mol. The lowest BCUT2D eigenvalue weighted by Gasteiger charge is -2.06. The van der Waals surface area contributed by atoms with Gasteiger partial charge in [-0.05, 0) is 36.4 Å². The second kappa shape index (κ2) is 7.13. The lowest BCUT2D eigenvalue weighted by atomic mass is 10.2. The fourth-order valence-electron chi connectivity index (χ4n) is 2.55. The first-order valence-electron chi connectivity index (χ1n) is 7.82. The number of nitrogens with zero attached hydrogens (tertiary/aromatic N) is 3. The van der Waals surface area contributed by atoms with Crippen molar-refractivity contribution in [2.75, 3.05) is 0 Å². The van der Waals surface area contributed by atoms with Crippen LogP contribution in [0.3, 0.4) is 0 Å². The van der Waals surface area contributed by atoms with E-state index >= 15 is 0 Å². The molecule has 0 amide bonds. The minimum Gasteiger partial charge on any atom is -0.301 e. The Bertz CT molecular complexity index is 1170. The molecule has 9 heteroatoms. The first-order chi connectivity index (χ1) is 13.0. The van der Waals surface area contributed by atoms with Crippen LogP contribution in [0, 0.1) is 11.6 Å². The summed E-state index contributed by atoms with van der Waals surface area (Å²) < 4.78 is 28.5. The molecule has 4 aromatic rings. The van der Waals surface area contributed by atoms with Gasteiger partial charge in [0.05, 0.1) is 11.9 Å². The van der Waals surface area contributed by atoms with Crippen molar-refractivity contribution >= 4 is 34.4 Å². The third-order valence-electron chi connectivity index (χ3n) is 3.90. The van der Waals surface area contributed by atoms with Crippen LogP contribution >= 0.6 is 23.4 Å². The maximum Gasteiger partial charge on any atom is 0.262 e. The summed E-state index contributed by atoms with van der Waals surface area (Å²) >= 11 is 7.18. The number of halogens is 3. The van der Waals surface area contributed by atoms with E-state index in [1.807, 2.05) is 0 Å². The first kappa shape index (κ1) is 17.7. The van der Waals surface area contributed by atoms with Crippen molar-refractivity contribution in [3.05, 3.63) is 81.2 Å². The summed E-state index contributed by atoms with van der Waals surface area (Å²) in [7, 11) is 0. The van der Waals surface area contributed by atoms with E-state index in [9.17, 15) is 13.6 Å². The van der Waals surface area contributed by atoms with Crippen LogP contribution in [-0.2, 0) is 5.75 Å². The summed E-state index contributed by atoms with van der Waals surface area (Å²) in [4.78, 5) is 19.4. The fourth-order valence-corrected chi connectivity index (χ4v) is 3.75. The molecule has 4 rings (SSSR count). The van der Waals surface area contributed by atoms with Gasteiger partial charge in [-0.1, -0.05) is 29.4 Å². The molecule has 0 unspecified atom stereocenters. The zero-order chi connectivity index (χ0) is 19.0. The molecule has 2 heterocycles. The van der Waals surface area contributed by atoms with Gasteiger partial charge in [0.2, 0.25) is 0 Å². The van der Waals surface area contributed by atoms with Gasteiger partial charge in [0.25, 0.3) is 5.56 Å². The molecule has 0 aliphatic heterocycles. The molecule has 2 aromatic carbocycles. The monoisotopic (exact) mass is 404 g/mol. The first-order valence-corrected chi connectivity index (χ1v) is 9.19. The van der Waals surface area contributed by atoms with Gasteiger partial charge in [-0.15, -0.1) is 0 Å². The Morgan fingerprint density at radius 1 is 1.15 bits per heavy atom. The number of H-pyrrole nitrogens is 1. The Kier molecular flexibility index (Phi) is 4.67. The molecule has 0 saturated carbocycles. The second-order valence-electron chi connectivity index (χ2n) is 5.63. The summed E-state index contributed by atoms with van der Waals surface area (Å²) in [5.41, 5.74) is 0.861. The highest BCUT2D eigenvalue weighted by Crippen LogP contribution is 2.27.